The largest absolute Gasteiger partial charge is 0.450 e. The summed E-state index contributed by atoms with van der Waals surface area (Å²) in [5, 5.41) is 1.85. The van der Waals surface area contributed by atoms with Crippen molar-refractivity contribution in [2.45, 2.75) is 21.8 Å². The van der Waals surface area contributed by atoms with Crippen molar-refractivity contribution in [2.24, 2.45) is 0 Å². The molecule has 1 N–H and O–H groups in total. The van der Waals surface area contributed by atoms with Crippen molar-refractivity contribution in [3.8, 4) is 0 Å². The Morgan fingerprint density at radius 3 is 2.53 bits per heavy atom. The molecule has 1 aromatic carbocycles. The van der Waals surface area contributed by atoms with E-state index in [1.54, 1.807) is 6.92 Å². The van der Waals surface area contributed by atoms with Crippen LogP contribution in [-0.4, -0.2) is 21.9 Å². The van der Waals surface area contributed by atoms with Crippen molar-refractivity contribution in [1.29, 1.82) is 0 Å². The first kappa shape index (κ1) is 16.8. The minimum Gasteiger partial charge on any atom is -0.450 e. The van der Waals surface area contributed by atoms with Crippen molar-refractivity contribution in [3.63, 3.8) is 0 Å². The van der Waals surface area contributed by atoms with E-state index in [1.807, 2.05) is 30.3 Å². The quantitative estimate of drug-likeness (QED) is 0.638. The summed E-state index contributed by atoms with van der Waals surface area (Å²) in [7, 11) is 0. The lowest BCUT2D eigenvalue weighted by Gasteiger charge is -2.24. The standard InChI is InChI=1S/C12H14Cl3NO2S/c1-2-18-11(17)16-10(12(13,14)15)19-8-9-6-4-3-5-7-9/h3-7,10H,2,8H2,1H3,(H,16,17)/t10-/m1/s1. The van der Waals surface area contributed by atoms with Crippen molar-refractivity contribution in [3.05, 3.63) is 35.9 Å². The minimum absolute atomic E-state index is 0.266. The number of ether oxygens (including phenoxy) is 1. The van der Waals surface area contributed by atoms with Gasteiger partial charge in [0, 0.05) is 5.75 Å². The molecule has 0 aromatic heterocycles. The zero-order valence-corrected chi connectivity index (χ0v) is 13.3. The summed E-state index contributed by atoms with van der Waals surface area (Å²) in [5.74, 6) is 0.617. The number of alkyl halides is 3. The number of halogens is 3. The number of amides is 1. The molecule has 0 saturated heterocycles. The van der Waals surface area contributed by atoms with Crippen LogP contribution in [0.2, 0.25) is 0 Å². The molecule has 1 atom stereocenters. The van der Waals surface area contributed by atoms with Crippen LogP contribution in [0.25, 0.3) is 0 Å². The number of benzene rings is 1. The van der Waals surface area contributed by atoms with Gasteiger partial charge < -0.3 is 10.1 Å². The lowest BCUT2D eigenvalue weighted by molar-refractivity contribution is 0.151. The summed E-state index contributed by atoms with van der Waals surface area (Å²) >= 11 is 18.9. The number of rotatable bonds is 5. The van der Waals surface area contributed by atoms with Crippen LogP contribution >= 0.6 is 46.6 Å². The van der Waals surface area contributed by atoms with Crippen LogP contribution in [0.1, 0.15) is 12.5 Å². The molecule has 1 aromatic rings. The molecule has 7 heteroatoms. The summed E-state index contributed by atoms with van der Waals surface area (Å²) in [6.45, 7) is 1.97. The van der Waals surface area contributed by atoms with Gasteiger partial charge in [-0.3, -0.25) is 0 Å². The maximum absolute atomic E-state index is 11.4. The third-order valence-corrected chi connectivity index (χ3v) is 4.43. The van der Waals surface area contributed by atoms with E-state index < -0.39 is 15.3 Å². The second-order valence-corrected chi connectivity index (χ2v) is 7.05. The molecular formula is C12H14Cl3NO2S. The van der Waals surface area contributed by atoms with E-state index in [4.69, 9.17) is 39.5 Å². The molecule has 0 aliphatic rings. The van der Waals surface area contributed by atoms with E-state index >= 15 is 0 Å². The SMILES string of the molecule is CCOC(=O)N[C@H](SCc1ccccc1)C(Cl)(Cl)Cl. The fraction of sp³-hybridized carbons (Fsp3) is 0.417. The van der Waals surface area contributed by atoms with Crippen LogP contribution in [0.15, 0.2) is 30.3 Å². The predicted molar refractivity (Wildman–Crippen MR) is 82.0 cm³/mol. The number of hydrogen-bond acceptors (Lipinski definition) is 3. The third-order valence-electron chi connectivity index (χ3n) is 2.08. The Bertz CT molecular complexity index is 398. The first-order valence-electron chi connectivity index (χ1n) is 5.59. The molecule has 1 rings (SSSR count). The highest BCUT2D eigenvalue weighted by molar-refractivity contribution is 7.99. The molecule has 0 bridgehead atoms. The number of thioether (sulfide) groups is 1. The summed E-state index contributed by atoms with van der Waals surface area (Å²) in [5.41, 5.74) is 1.08. The zero-order chi connectivity index (χ0) is 14.3. The summed E-state index contributed by atoms with van der Waals surface area (Å²) < 4.78 is 3.18. The Hall–Kier alpha value is -0.290. The number of carbonyl (C=O) groups is 1. The highest BCUT2D eigenvalue weighted by Crippen LogP contribution is 2.37. The molecule has 0 aliphatic carbocycles. The van der Waals surface area contributed by atoms with Crippen LogP contribution < -0.4 is 5.32 Å². The van der Waals surface area contributed by atoms with E-state index in [1.165, 1.54) is 11.8 Å². The van der Waals surface area contributed by atoms with E-state index in [-0.39, 0.29) is 6.61 Å². The fourth-order valence-electron chi connectivity index (χ4n) is 1.25. The Morgan fingerprint density at radius 2 is 2.00 bits per heavy atom. The van der Waals surface area contributed by atoms with Gasteiger partial charge in [0.1, 0.15) is 5.37 Å². The van der Waals surface area contributed by atoms with Gasteiger partial charge in [0.25, 0.3) is 0 Å². The number of alkyl carbamates (subject to hydrolysis) is 1. The molecule has 0 spiro atoms. The Kier molecular flexibility index (Phi) is 7.15. The molecule has 0 saturated carbocycles. The average molecular weight is 343 g/mol. The Balaban J connectivity index is 2.58. The Morgan fingerprint density at radius 1 is 1.37 bits per heavy atom. The van der Waals surface area contributed by atoms with Crippen LogP contribution in [0.3, 0.4) is 0 Å². The van der Waals surface area contributed by atoms with Gasteiger partial charge in [-0.15, -0.1) is 11.8 Å². The van der Waals surface area contributed by atoms with Crippen LogP contribution in [-0.2, 0) is 10.5 Å². The number of hydrogen-bond donors (Lipinski definition) is 1. The lowest BCUT2D eigenvalue weighted by atomic mass is 10.2. The highest BCUT2D eigenvalue weighted by atomic mass is 35.6. The molecule has 0 heterocycles. The van der Waals surface area contributed by atoms with Crippen molar-refractivity contribution >= 4 is 52.7 Å². The molecule has 0 radical (unpaired) electrons. The van der Waals surface area contributed by atoms with Crippen molar-refractivity contribution in [2.75, 3.05) is 6.61 Å². The van der Waals surface area contributed by atoms with Gasteiger partial charge in [0.05, 0.1) is 6.61 Å². The molecule has 19 heavy (non-hydrogen) atoms. The van der Waals surface area contributed by atoms with E-state index in [9.17, 15) is 4.79 Å². The molecular weight excluding hydrogens is 329 g/mol. The summed E-state index contributed by atoms with van der Waals surface area (Å²) in [4.78, 5) is 11.4. The molecule has 3 nitrogen and oxygen atoms in total. The van der Waals surface area contributed by atoms with Gasteiger partial charge in [-0.05, 0) is 12.5 Å². The maximum atomic E-state index is 11.4. The van der Waals surface area contributed by atoms with E-state index in [2.05, 4.69) is 5.32 Å². The monoisotopic (exact) mass is 341 g/mol. The van der Waals surface area contributed by atoms with Gasteiger partial charge >= 0.3 is 6.09 Å². The first-order valence-corrected chi connectivity index (χ1v) is 7.77. The second kappa shape index (κ2) is 8.10. The number of nitrogens with one attached hydrogen (secondary N) is 1. The maximum Gasteiger partial charge on any atom is 0.408 e. The van der Waals surface area contributed by atoms with Crippen LogP contribution in [0.4, 0.5) is 4.79 Å². The average Bonchev–Trinajstić information content (AvgIpc) is 2.34. The molecule has 1 amide bonds. The van der Waals surface area contributed by atoms with Crippen molar-refractivity contribution < 1.29 is 9.53 Å². The highest BCUT2D eigenvalue weighted by Gasteiger charge is 2.34. The Labute approximate surface area is 131 Å². The van der Waals surface area contributed by atoms with Gasteiger partial charge in [-0.2, -0.15) is 0 Å². The lowest BCUT2D eigenvalue weighted by Crippen LogP contribution is -2.41. The molecule has 106 valence electrons. The second-order valence-electron chi connectivity index (χ2n) is 3.58. The number of carbonyl (C=O) groups excluding carboxylic acids is 1. The van der Waals surface area contributed by atoms with Gasteiger partial charge in [-0.25, -0.2) is 4.79 Å². The van der Waals surface area contributed by atoms with Crippen LogP contribution in [0.5, 0.6) is 0 Å². The van der Waals surface area contributed by atoms with Crippen molar-refractivity contribution in [1.82, 2.24) is 5.32 Å². The molecule has 0 unspecified atom stereocenters. The molecule has 0 aliphatic heterocycles. The first-order chi connectivity index (χ1) is 8.93. The summed E-state index contributed by atoms with van der Waals surface area (Å²) in [6, 6.07) is 9.72. The molecule has 0 fully saturated rings. The van der Waals surface area contributed by atoms with E-state index in [0.29, 0.717) is 5.75 Å². The van der Waals surface area contributed by atoms with Gasteiger partial charge in [0.2, 0.25) is 3.79 Å². The normalized spacial score (nSPS) is 12.8. The smallest absolute Gasteiger partial charge is 0.408 e. The topological polar surface area (TPSA) is 38.3 Å². The third kappa shape index (κ3) is 6.61. The summed E-state index contributed by atoms with van der Waals surface area (Å²) in [6.07, 6.45) is -0.598. The zero-order valence-electron chi connectivity index (χ0n) is 10.2. The van der Waals surface area contributed by atoms with Gasteiger partial charge in [0.15, 0.2) is 0 Å². The predicted octanol–water partition coefficient (Wildman–Crippen LogP) is 4.36. The minimum atomic E-state index is -1.60. The van der Waals surface area contributed by atoms with Crippen LogP contribution in [0, 0.1) is 0 Å². The van der Waals surface area contributed by atoms with Gasteiger partial charge in [-0.1, -0.05) is 65.1 Å². The fourth-order valence-corrected chi connectivity index (χ4v) is 2.90. The van der Waals surface area contributed by atoms with E-state index in [0.717, 1.165) is 5.56 Å².